The summed E-state index contributed by atoms with van der Waals surface area (Å²) in [4.78, 5) is 0. The van der Waals surface area contributed by atoms with E-state index in [0.29, 0.717) is 5.92 Å². The maximum atomic E-state index is 4.75. The molecule has 0 aliphatic carbocycles. The number of aromatic nitrogens is 2. The molecular formula is C21H23N3. The lowest BCUT2D eigenvalue weighted by Gasteiger charge is -2.29. The summed E-state index contributed by atoms with van der Waals surface area (Å²) in [7, 11) is 0. The minimum Gasteiger partial charge on any atom is -0.359 e. The lowest BCUT2D eigenvalue weighted by atomic mass is 9.99. The fourth-order valence-corrected chi connectivity index (χ4v) is 3.41. The van der Waals surface area contributed by atoms with Crippen molar-refractivity contribution in [3.05, 3.63) is 70.9 Å². The first-order chi connectivity index (χ1) is 11.5. The third-order valence-electron chi connectivity index (χ3n) is 4.76. The van der Waals surface area contributed by atoms with Gasteiger partial charge in [0.1, 0.15) is 6.17 Å². The Kier molecular flexibility index (Phi) is 3.45. The molecule has 3 nitrogen and oxygen atoms in total. The molecule has 0 spiro atoms. The van der Waals surface area contributed by atoms with Crippen LogP contribution in [0.2, 0.25) is 0 Å². The van der Waals surface area contributed by atoms with E-state index in [1.807, 2.05) is 0 Å². The van der Waals surface area contributed by atoms with Crippen molar-refractivity contribution in [3.63, 3.8) is 0 Å². The van der Waals surface area contributed by atoms with E-state index >= 15 is 0 Å². The second-order valence-corrected chi connectivity index (χ2v) is 7.03. The van der Waals surface area contributed by atoms with Gasteiger partial charge >= 0.3 is 0 Å². The van der Waals surface area contributed by atoms with Crippen LogP contribution in [0, 0.1) is 13.8 Å². The number of hydrogen-bond donors (Lipinski definition) is 1. The van der Waals surface area contributed by atoms with Gasteiger partial charge in [0, 0.05) is 11.3 Å². The summed E-state index contributed by atoms with van der Waals surface area (Å²) in [6, 6.07) is 17.6. The zero-order valence-electron chi connectivity index (χ0n) is 14.7. The molecule has 4 rings (SSSR count). The van der Waals surface area contributed by atoms with Crippen LogP contribution < -0.4 is 5.32 Å². The zero-order chi connectivity index (χ0) is 16.8. The van der Waals surface area contributed by atoms with Gasteiger partial charge in [-0.2, -0.15) is 5.10 Å². The lowest BCUT2D eigenvalue weighted by molar-refractivity contribution is 0.571. The molecule has 3 heteroatoms. The number of anilines is 1. The maximum absolute atomic E-state index is 4.75. The third kappa shape index (κ3) is 2.41. The number of hydrogen-bond acceptors (Lipinski definition) is 2. The molecule has 24 heavy (non-hydrogen) atoms. The van der Waals surface area contributed by atoms with Gasteiger partial charge in [0.25, 0.3) is 0 Å². The van der Waals surface area contributed by atoms with Gasteiger partial charge in [-0.05, 0) is 49.1 Å². The van der Waals surface area contributed by atoms with Crippen LogP contribution in [-0.2, 0) is 0 Å². The van der Waals surface area contributed by atoms with Crippen molar-refractivity contribution in [3.8, 4) is 11.3 Å². The van der Waals surface area contributed by atoms with E-state index < -0.39 is 0 Å². The highest BCUT2D eigenvalue weighted by Gasteiger charge is 2.26. The summed E-state index contributed by atoms with van der Waals surface area (Å²) in [6.45, 7) is 8.63. The first-order valence-electron chi connectivity index (χ1n) is 8.56. The van der Waals surface area contributed by atoms with Gasteiger partial charge in [-0.15, -0.1) is 0 Å². The molecule has 1 N–H and O–H groups in total. The van der Waals surface area contributed by atoms with E-state index in [1.165, 1.54) is 33.6 Å². The molecule has 122 valence electrons. The summed E-state index contributed by atoms with van der Waals surface area (Å²) < 4.78 is 2.11. The summed E-state index contributed by atoms with van der Waals surface area (Å²) in [5, 5.41) is 8.41. The maximum Gasteiger partial charge on any atom is 0.147 e. The predicted molar refractivity (Wildman–Crippen MR) is 99.4 cm³/mol. The summed E-state index contributed by atoms with van der Waals surface area (Å²) in [6.07, 6.45) is 0.0325. The van der Waals surface area contributed by atoms with Crippen molar-refractivity contribution in [2.24, 2.45) is 0 Å². The largest absolute Gasteiger partial charge is 0.359 e. The Labute approximate surface area is 143 Å². The van der Waals surface area contributed by atoms with E-state index in [0.717, 1.165) is 5.69 Å². The molecule has 1 aromatic heterocycles. The molecule has 0 saturated carbocycles. The third-order valence-corrected chi connectivity index (χ3v) is 4.76. The molecule has 0 bridgehead atoms. The molecule has 0 saturated heterocycles. The molecule has 2 aromatic carbocycles. The Bertz CT molecular complexity index is 888. The lowest BCUT2D eigenvalue weighted by Crippen LogP contribution is -2.25. The SMILES string of the molecule is Cc1ccc2c(c1)-c1cc(C)nn1[C@H](c1ccc(C(C)C)cc1)N2. The van der Waals surface area contributed by atoms with Gasteiger partial charge < -0.3 is 5.32 Å². The van der Waals surface area contributed by atoms with Crippen LogP contribution in [-0.4, -0.2) is 9.78 Å². The summed E-state index contributed by atoms with van der Waals surface area (Å²) in [5.41, 5.74) is 8.49. The highest BCUT2D eigenvalue weighted by Crippen LogP contribution is 2.39. The smallest absolute Gasteiger partial charge is 0.147 e. The highest BCUT2D eigenvalue weighted by molar-refractivity contribution is 5.79. The van der Waals surface area contributed by atoms with Crippen molar-refractivity contribution in [1.82, 2.24) is 9.78 Å². The molecule has 0 amide bonds. The Morgan fingerprint density at radius 1 is 1.00 bits per heavy atom. The minimum atomic E-state index is 0.0325. The van der Waals surface area contributed by atoms with Crippen LogP contribution in [0.3, 0.4) is 0 Å². The number of benzene rings is 2. The monoisotopic (exact) mass is 317 g/mol. The fraction of sp³-hybridized carbons (Fsp3) is 0.286. The Hall–Kier alpha value is -2.55. The first-order valence-corrected chi connectivity index (χ1v) is 8.56. The molecule has 3 aromatic rings. The second-order valence-electron chi connectivity index (χ2n) is 7.03. The summed E-state index contributed by atoms with van der Waals surface area (Å²) >= 11 is 0. The van der Waals surface area contributed by atoms with E-state index in [2.05, 4.69) is 86.2 Å². The standard InChI is InChI=1S/C21H23N3/c1-13(2)16-6-8-17(9-7-16)21-22-19-10-5-14(3)11-18(19)20-12-15(4)23-24(20)21/h5-13,21-22H,1-4H3/t21-/m1/s1. The number of nitrogens with one attached hydrogen (secondary N) is 1. The molecule has 0 unspecified atom stereocenters. The average Bonchev–Trinajstić information content (AvgIpc) is 2.96. The van der Waals surface area contributed by atoms with Crippen LogP contribution in [0.15, 0.2) is 48.5 Å². The van der Waals surface area contributed by atoms with Crippen molar-refractivity contribution < 1.29 is 0 Å². The fourth-order valence-electron chi connectivity index (χ4n) is 3.41. The van der Waals surface area contributed by atoms with E-state index in [4.69, 9.17) is 5.10 Å². The van der Waals surface area contributed by atoms with Crippen LogP contribution in [0.5, 0.6) is 0 Å². The highest BCUT2D eigenvalue weighted by atomic mass is 15.4. The van der Waals surface area contributed by atoms with Gasteiger partial charge in [0.05, 0.1) is 11.4 Å². The molecule has 0 radical (unpaired) electrons. The van der Waals surface area contributed by atoms with Crippen molar-refractivity contribution in [2.45, 2.75) is 39.8 Å². The first kappa shape index (κ1) is 15.0. The molecule has 1 aliphatic rings. The van der Waals surface area contributed by atoms with Crippen LogP contribution >= 0.6 is 0 Å². The quantitative estimate of drug-likeness (QED) is 0.698. The minimum absolute atomic E-state index is 0.0325. The Balaban J connectivity index is 1.82. The van der Waals surface area contributed by atoms with Crippen molar-refractivity contribution in [2.75, 3.05) is 5.32 Å². The van der Waals surface area contributed by atoms with E-state index in [1.54, 1.807) is 0 Å². The molecule has 2 heterocycles. The van der Waals surface area contributed by atoms with Gasteiger partial charge in [-0.3, -0.25) is 0 Å². The molecule has 1 atom stereocenters. The zero-order valence-corrected chi connectivity index (χ0v) is 14.7. The normalized spacial score (nSPS) is 15.8. The van der Waals surface area contributed by atoms with Gasteiger partial charge in [-0.25, -0.2) is 4.68 Å². The second kappa shape index (κ2) is 5.52. The van der Waals surface area contributed by atoms with Crippen molar-refractivity contribution in [1.29, 1.82) is 0 Å². The number of rotatable bonds is 2. The average molecular weight is 317 g/mol. The van der Waals surface area contributed by atoms with E-state index in [-0.39, 0.29) is 6.17 Å². The topological polar surface area (TPSA) is 29.9 Å². The van der Waals surface area contributed by atoms with Gasteiger partial charge in [0.15, 0.2) is 0 Å². The number of aryl methyl sites for hydroxylation is 2. The van der Waals surface area contributed by atoms with Crippen LogP contribution in [0.25, 0.3) is 11.3 Å². The van der Waals surface area contributed by atoms with Gasteiger partial charge in [0.2, 0.25) is 0 Å². The number of fused-ring (bicyclic) bond motifs is 3. The Morgan fingerprint density at radius 3 is 2.46 bits per heavy atom. The molecule has 0 fully saturated rings. The predicted octanol–water partition coefficient (Wildman–Crippen LogP) is 5.26. The van der Waals surface area contributed by atoms with Crippen LogP contribution in [0.1, 0.15) is 48.3 Å². The van der Waals surface area contributed by atoms with Gasteiger partial charge in [-0.1, -0.05) is 49.7 Å². The van der Waals surface area contributed by atoms with Crippen LogP contribution in [0.4, 0.5) is 5.69 Å². The molecule has 1 aliphatic heterocycles. The summed E-state index contributed by atoms with van der Waals surface area (Å²) in [5.74, 6) is 0.546. The van der Waals surface area contributed by atoms with Crippen molar-refractivity contribution >= 4 is 5.69 Å². The Morgan fingerprint density at radius 2 is 1.75 bits per heavy atom. The molecular weight excluding hydrogens is 294 g/mol. The van der Waals surface area contributed by atoms with E-state index in [9.17, 15) is 0 Å². The number of nitrogens with zero attached hydrogens (tertiary/aromatic N) is 2.